The Hall–Kier alpha value is -2.78. The maximum Gasteiger partial charge on any atom is 0.123 e. The second-order valence-corrected chi connectivity index (χ2v) is 7.05. The number of benzene rings is 3. The standard InChI is InChI=1S/C24H25NO2/c1-26-23-10-6-5-9-20(23)17-25-24(15-16-24)21-11-13-22(14-12-21)27-18-19-7-3-2-4-8-19/h2-14,25H,15-18H2,1H3. The number of para-hydroxylation sites is 1. The summed E-state index contributed by atoms with van der Waals surface area (Å²) in [7, 11) is 1.72. The van der Waals surface area contributed by atoms with E-state index in [4.69, 9.17) is 9.47 Å². The second-order valence-electron chi connectivity index (χ2n) is 7.05. The quantitative estimate of drug-likeness (QED) is 0.610. The SMILES string of the molecule is COc1ccccc1CNC1(c2ccc(OCc3ccccc3)cc2)CC1. The molecule has 4 rings (SSSR count). The van der Waals surface area contributed by atoms with E-state index in [1.165, 1.54) is 16.7 Å². The van der Waals surface area contributed by atoms with E-state index in [2.05, 4.69) is 53.8 Å². The van der Waals surface area contributed by atoms with Crippen LogP contribution in [-0.4, -0.2) is 7.11 Å². The Morgan fingerprint density at radius 3 is 2.26 bits per heavy atom. The molecular weight excluding hydrogens is 334 g/mol. The van der Waals surface area contributed by atoms with E-state index in [-0.39, 0.29) is 5.54 Å². The highest BCUT2D eigenvalue weighted by molar-refractivity contribution is 5.37. The highest BCUT2D eigenvalue weighted by atomic mass is 16.5. The van der Waals surface area contributed by atoms with Gasteiger partial charge in [0.2, 0.25) is 0 Å². The van der Waals surface area contributed by atoms with Crippen molar-refractivity contribution in [3.05, 3.63) is 95.6 Å². The summed E-state index contributed by atoms with van der Waals surface area (Å²) in [5, 5.41) is 3.73. The van der Waals surface area contributed by atoms with Crippen LogP contribution in [0.5, 0.6) is 11.5 Å². The Labute approximate surface area is 161 Å². The number of ether oxygens (including phenoxy) is 2. The predicted molar refractivity (Wildman–Crippen MR) is 108 cm³/mol. The second kappa shape index (κ2) is 7.85. The first-order chi connectivity index (χ1) is 13.3. The van der Waals surface area contributed by atoms with Crippen molar-refractivity contribution in [3.8, 4) is 11.5 Å². The first-order valence-electron chi connectivity index (χ1n) is 9.43. The first-order valence-corrected chi connectivity index (χ1v) is 9.43. The largest absolute Gasteiger partial charge is 0.496 e. The van der Waals surface area contributed by atoms with E-state index in [0.29, 0.717) is 6.61 Å². The minimum Gasteiger partial charge on any atom is -0.496 e. The van der Waals surface area contributed by atoms with Gasteiger partial charge in [-0.3, -0.25) is 0 Å². The normalized spacial score (nSPS) is 14.6. The fourth-order valence-electron chi connectivity index (χ4n) is 3.42. The third-order valence-electron chi connectivity index (χ3n) is 5.21. The Morgan fingerprint density at radius 1 is 0.852 bits per heavy atom. The van der Waals surface area contributed by atoms with E-state index in [1.54, 1.807) is 7.11 Å². The number of hydrogen-bond donors (Lipinski definition) is 1. The van der Waals surface area contributed by atoms with E-state index >= 15 is 0 Å². The van der Waals surface area contributed by atoms with Gasteiger partial charge in [-0.25, -0.2) is 0 Å². The van der Waals surface area contributed by atoms with Gasteiger partial charge in [0.25, 0.3) is 0 Å². The van der Waals surface area contributed by atoms with Gasteiger partial charge in [0.15, 0.2) is 0 Å². The van der Waals surface area contributed by atoms with Gasteiger partial charge in [0.05, 0.1) is 7.11 Å². The minimum atomic E-state index is 0.0822. The highest BCUT2D eigenvalue weighted by Crippen LogP contribution is 2.46. The van der Waals surface area contributed by atoms with Crippen molar-refractivity contribution < 1.29 is 9.47 Å². The summed E-state index contributed by atoms with van der Waals surface area (Å²) in [6, 6.07) is 26.9. The monoisotopic (exact) mass is 359 g/mol. The molecule has 27 heavy (non-hydrogen) atoms. The maximum absolute atomic E-state index is 5.90. The maximum atomic E-state index is 5.90. The topological polar surface area (TPSA) is 30.5 Å². The molecule has 0 radical (unpaired) electrons. The molecule has 0 aromatic heterocycles. The molecule has 1 N–H and O–H groups in total. The highest BCUT2D eigenvalue weighted by Gasteiger charge is 2.43. The minimum absolute atomic E-state index is 0.0822. The van der Waals surface area contributed by atoms with Crippen molar-refractivity contribution in [2.24, 2.45) is 0 Å². The zero-order valence-corrected chi connectivity index (χ0v) is 15.7. The van der Waals surface area contributed by atoms with Gasteiger partial charge >= 0.3 is 0 Å². The average Bonchev–Trinajstić information content (AvgIpc) is 3.53. The molecule has 0 saturated heterocycles. The average molecular weight is 359 g/mol. The van der Waals surface area contributed by atoms with E-state index in [0.717, 1.165) is 30.9 Å². The van der Waals surface area contributed by atoms with Crippen LogP contribution < -0.4 is 14.8 Å². The number of methoxy groups -OCH3 is 1. The van der Waals surface area contributed by atoms with Gasteiger partial charge in [0.1, 0.15) is 18.1 Å². The summed E-state index contributed by atoms with van der Waals surface area (Å²) in [6.07, 6.45) is 2.32. The lowest BCUT2D eigenvalue weighted by atomic mass is 10.0. The summed E-state index contributed by atoms with van der Waals surface area (Å²) < 4.78 is 11.4. The molecule has 1 fully saturated rings. The molecule has 0 atom stereocenters. The molecule has 3 nitrogen and oxygen atoms in total. The first kappa shape index (κ1) is 17.6. The smallest absolute Gasteiger partial charge is 0.123 e. The third kappa shape index (κ3) is 4.15. The summed E-state index contributed by atoms with van der Waals surface area (Å²) in [5.74, 6) is 1.84. The van der Waals surface area contributed by atoms with Gasteiger partial charge in [-0.1, -0.05) is 60.7 Å². The van der Waals surface area contributed by atoms with Crippen molar-refractivity contribution in [1.29, 1.82) is 0 Å². The number of nitrogens with one attached hydrogen (secondary N) is 1. The van der Waals surface area contributed by atoms with Crippen LogP contribution in [0.15, 0.2) is 78.9 Å². The molecule has 0 amide bonds. The van der Waals surface area contributed by atoms with E-state index in [9.17, 15) is 0 Å². The molecule has 3 aromatic carbocycles. The van der Waals surface area contributed by atoms with Crippen LogP contribution in [0, 0.1) is 0 Å². The molecule has 1 aliphatic rings. The van der Waals surface area contributed by atoms with Crippen LogP contribution in [0.2, 0.25) is 0 Å². The van der Waals surface area contributed by atoms with Crippen molar-refractivity contribution in [3.63, 3.8) is 0 Å². The molecule has 0 bridgehead atoms. The zero-order valence-electron chi connectivity index (χ0n) is 15.7. The molecule has 1 aliphatic carbocycles. The molecule has 1 saturated carbocycles. The van der Waals surface area contributed by atoms with Crippen molar-refractivity contribution in [2.75, 3.05) is 7.11 Å². The van der Waals surface area contributed by atoms with Crippen LogP contribution >= 0.6 is 0 Å². The van der Waals surface area contributed by atoms with Crippen molar-refractivity contribution in [2.45, 2.75) is 31.5 Å². The van der Waals surface area contributed by atoms with Crippen LogP contribution in [0.3, 0.4) is 0 Å². The van der Waals surface area contributed by atoms with Gasteiger partial charge in [-0.2, -0.15) is 0 Å². The van der Waals surface area contributed by atoms with Gasteiger partial charge in [0, 0.05) is 17.6 Å². The van der Waals surface area contributed by atoms with Crippen molar-refractivity contribution >= 4 is 0 Å². The Kier molecular flexibility index (Phi) is 5.12. The molecule has 138 valence electrons. The molecule has 0 aliphatic heterocycles. The zero-order chi connectivity index (χ0) is 18.5. The van der Waals surface area contributed by atoms with Crippen LogP contribution in [0.25, 0.3) is 0 Å². The lowest BCUT2D eigenvalue weighted by Gasteiger charge is -2.19. The third-order valence-corrected chi connectivity index (χ3v) is 5.21. The van der Waals surface area contributed by atoms with Gasteiger partial charge in [-0.05, 0) is 42.2 Å². The molecule has 3 heteroatoms. The lowest BCUT2D eigenvalue weighted by molar-refractivity contribution is 0.306. The summed E-state index contributed by atoms with van der Waals surface area (Å²) >= 11 is 0. The fourth-order valence-corrected chi connectivity index (χ4v) is 3.42. The summed E-state index contributed by atoms with van der Waals surface area (Å²) in [5.41, 5.74) is 3.77. The lowest BCUT2D eigenvalue weighted by Crippen LogP contribution is -2.28. The Bertz CT molecular complexity index is 870. The van der Waals surface area contributed by atoms with Crippen LogP contribution in [0.4, 0.5) is 0 Å². The molecule has 0 heterocycles. The molecular formula is C24H25NO2. The molecule has 0 unspecified atom stereocenters. The fraction of sp³-hybridized carbons (Fsp3) is 0.250. The van der Waals surface area contributed by atoms with Gasteiger partial charge < -0.3 is 14.8 Å². The number of rotatable bonds is 8. The molecule has 0 spiro atoms. The Balaban J connectivity index is 1.38. The van der Waals surface area contributed by atoms with Gasteiger partial charge in [-0.15, -0.1) is 0 Å². The predicted octanol–water partition coefficient (Wildman–Crippen LogP) is 5.05. The van der Waals surface area contributed by atoms with Crippen LogP contribution in [0.1, 0.15) is 29.5 Å². The summed E-state index contributed by atoms with van der Waals surface area (Å²) in [4.78, 5) is 0. The molecule has 3 aromatic rings. The van der Waals surface area contributed by atoms with Crippen molar-refractivity contribution in [1.82, 2.24) is 5.32 Å². The summed E-state index contributed by atoms with van der Waals surface area (Å²) in [6.45, 7) is 1.40. The number of hydrogen-bond acceptors (Lipinski definition) is 3. The van der Waals surface area contributed by atoms with E-state index in [1.807, 2.05) is 30.3 Å². The van der Waals surface area contributed by atoms with E-state index < -0.39 is 0 Å². The Morgan fingerprint density at radius 2 is 1.56 bits per heavy atom. The van der Waals surface area contributed by atoms with Crippen LogP contribution in [-0.2, 0) is 18.7 Å².